The molecule has 0 bridgehead atoms. The Labute approximate surface area is 197 Å². The van der Waals surface area contributed by atoms with Crippen LogP contribution in [0.15, 0.2) is 65.4 Å². The predicted octanol–water partition coefficient (Wildman–Crippen LogP) is 4.19. The lowest BCUT2D eigenvalue weighted by Gasteiger charge is -2.19. The Balaban J connectivity index is 1.87. The fourth-order valence-corrected chi connectivity index (χ4v) is 4.69. The van der Waals surface area contributed by atoms with Crippen molar-refractivity contribution in [3.63, 3.8) is 0 Å². The van der Waals surface area contributed by atoms with Crippen molar-refractivity contribution in [1.82, 2.24) is 4.98 Å². The number of carbonyl (C=O) groups excluding carboxylic acids is 2. The van der Waals surface area contributed by atoms with Crippen LogP contribution in [0.2, 0.25) is 0 Å². The molecule has 1 heterocycles. The van der Waals surface area contributed by atoms with E-state index in [1.807, 2.05) is 5.38 Å². The maximum Gasteiger partial charge on any atom is 0.233 e. The number of Topliss-reactive ketones (excluding diaryl/α,β-unsaturated/α-hetero) is 1. The van der Waals surface area contributed by atoms with Gasteiger partial charge < -0.3 is 4.74 Å². The van der Waals surface area contributed by atoms with Crippen molar-refractivity contribution in [2.45, 2.75) is 18.2 Å². The minimum atomic E-state index is -3.29. The summed E-state index contributed by atoms with van der Waals surface area (Å²) < 4.78 is 28.7. The van der Waals surface area contributed by atoms with Crippen LogP contribution in [0.25, 0.3) is 11.3 Å². The molecular formula is C24H24N2O5S2. The van der Waals surface area contributed by atoms with Gasteiger partial charge in [0.05, 0.1) is 24.1 Å². The molecule has 0 atom stereocenters. The van der Waals surface area contributed by atoms with Crippen molar-refractivity contribution in [2.24, 2.45) is 0 Å². The predicted molar refractivity (Wildman–Crippen MR) is 130 cm³/mol. The second-order valence-electron chi connectivity index (χ2n) is 7.36. The average molecular weight is 485 g/mol. The first-order chi connectivity index (χ1) is 15.6. The number of anilines is 1. The maximum atomic E-state index is 13.2. The molecule has 0 spiro atoms. The van der Waals surface area contributed by atoms with Crippen LogP contribution >= 0.6 is 11.3 Å². The normalized spacial score (nSPS) is 11.1. The highest BCUT2D eigenvalue weighted by atomic mass is 32.2. The van der Waals surface area contributed by atoms with E-state index in [2.05, 4.69) is 11.6 Å². The third kappa shape index (κ3) is 5.74. The topological polar surface area (TPSA) is 93.6 Å². The number of benzene rings is 2. The highest BCUT2D eigenvalue weighted by Crippen LogP contribution is 2.29. The molecule has 0 aliphatic heterocycles. The molecule has 172 valence electrons. The van der Waals surface area contributed by atoms with Gasteiger partial charge in [-0.05, 0) is 37.3 Å². The van der Waals surface area contributed by atoms with Gasteiger partial charge in [0, 0.05) is 34.9 Å². The molecule has 33 heavy (non-hydrogen) atoms. The number of nitrogens with zero attached hydrogens (tertiary/aromatic N) is 2. The van der Waals surface area contributed by atoms with E-state index in [0.717, 1.165) is 11.8 Å². The van der Waals surface area contributed by atoms with E-state index in [9.17, 15) is 18.0 Å². The molecule has 3 rings (SSSR count). The zero-order valence-corrected chi connectivity index (χ0v) is 20.2. The number of rotatable bonds is 9. The second-order valence-corrected chi connectivity index (χ2v) is 10.2. The molecular weight excluding hydrogens is 460 g/mol. The van der Waals surface area contributed by atoms with E-state index in [-0.39, 0.29) is 29.6 Å². The zero-order valence-electron chi connectivity index (χ0n) is 18.6. The van der Waals surface area contributed by atoms with Crippen molar-refractivity contribution in [3.8, 4) is 17.0 Å². The van der Waals surface area contributed by atoms with Crippen molar-refractivity contribution >= 4 is 38.0 Å². The van der Waals surface area contributed by atoms with Crippen LogP contribution < -0.4 is 9.64 Å². The Kier molecular flexibility index (Phi) is 7.45. The van der Waals surface area contributed by atoms with Crippen LogP contribution in [-0.2, 0) is 21.1 Å². The van der Waals surface area contributed by atoms with Crippen LogP contribution in [0.5, 0.6) is 5.75 Å². The van der Waals surface area contributed by atoms with E-state index in [0.29, 0.717) is 27.7 Å². The number of hydrogen-bond acceptors (Lipinski definition) is 7. The van der Waals surface area contributed by atoms with E-state index in [1.165, 1.54) is 42.4 Å². The van der Waals surface area contributed by atoms with Gasteiger partial charge >= 0.3 is 0 Å². The Morgan fingerprint density at radius 1 is 1.18 bits per heavy atom. The number of sulfone groups is 1. The summed E-state index contributed by atoms with van der Waals surface area (Å²) in [6.45, 7) is 5.47. The molecule has 0 aliphatic carbocycles. The van der Waals surface area contributed by atoms with Gasteiger partial charge in [0.25, 0.3) is 0 Å². The Morgan fingerprint density at radius 3 is 2.45 bits per heavy atom. The van der Waals surface area contributed by atoms with Gasteiger partial charge in [0.2, 0.25) is 5.91 Å². The molecule has 1 amide bonds. The highest BCUT2D eigenvalue weighted by molar-refractivity contribution is 7.90. The van der Waals surface area contributed by atoms with Crippen LogP contribution in [0.3, 0.4) is 0 Å². The summed E-state index contributed by atoms with van der Waals surface area (Å²) in [7, 11) is -1.77. The SMILES string of the molecule is C=CCN(C(=O)Cc1cc(C(C)=O)ccc1OC)c1nc(-c2ccc(S(C)(=O)=O)cc2)cs1. The summed E-state index contributed by atoms with van der Waals surface area (Å²) in [5.41, 5.74) is 2.49. The minimum Gasteiger partial charge on any atom is -0.496 e. The van der Waals surface area contributed by atoms with Gasteiger partial charge in [-0.1, -0.05) is 18.2 Å². The van der Waals surface area contributed by atoms with Crippen LogP contribution in [-0.4, -0.2) is 45.0 Å². The molecule has 0 N–H and O–H groups in total. The Hall–Kier alpha value is -3.30. The van der Waals surface area contributed by atoms with Gasteiger partial charge in [-0.15, -0.1) is 17.9 Å². The van der Waals surface area contributed by atoms with E-state index < -0.39 is 9.84 Å². The number of ketones is 1. The van der Waals surface area contributed by atoms with Crippen LogP contribution in [0.4, 0.5) is 5.13 Å². The molecule has 0 aliphatic rings. The quantitative estimate of drug-likeness (QED) is 0.334. The highest BCUT2D eigenvalue weighted by Gasteiger charge is 2.21. The summed E-state index contributed by atoms with van der Waals surface area (Å²) >= 11 is 1.30. The third-order valence-electron chi connectivity index (χ3n) is 4.94. The molecule has 0 fully saturated rings. The van der Waals surface area contributed by atoms with Gasteiger partial charge in [0.1, 0.15) is 5.75 Å². The molecule has 7 nitrogen and oxygen atoms in total. The molecule has 3 aromatic rings. The number of methoxy groups -OCH3 is 1. The zero-order chi connectivity index (χ0) is 24.2. The summed E-state index contributed by atoms with van der Waals surface area (Å²) in [6, 6.07) is 11.5. The van der Waals surface area contributed by atoms with Gasteiger partial charge in [-0.2, -0.15) is 0 Å². The molecule has 0 saturated heterocycles. The number of carbonyl (C=O) groups is 2. The number of amides is 1. The summed E-state index contributed by atoms with van der Waals surface area (Å²) in [5.74, 6) is 0.209. The van der Waals surface area contributed by atoms with Gasteiger partial charge in [0.15, 0.2) is 20.8 Å². The first-order valence-corrected chi connectivity index (χ1v) is 12.8. The summed E-state index contributed by atoms with van der Waals surface area (Å²) in [4.78, 5) is 31.3. The molecule has 0 radical (unpaired) electrons. The average Bonchev–Trinajstić information content (AvgIpc) is 3.26. The third-order valence-corrected chi connectivity index (χ3v) is 6.93. The van der Waals surface area contributed by atoms with Gasteiger partial charge in [-0.3, -0.25) is 14.5 Å². The van der Waals surface area contributed by atoms with Crippen LogP contribution in [0.1, 0.15) is 22.8 Å². The van der Waals surface area contributed by atoms with E-state index in [4.69, 9.17) is 4.74 Å². The first-order valence-electron chi connectivity index (χ1n) is 9.99. The lowest BCUT2D eigenvalue weighted by atomic mass is 10.0. The van der Waals surface area contributed by atoms with Crippen molar-refractivity contribution in [1.29, 1.82) is 0 Å². The lowest BCUT2D eigenvalue weighted by Crippen LogP contribution is -2.32. The number of hydrogen-bond donors (Lipinski definition) is 0. The summed E-state index contributed by atoms with van der Waals surface area (Å²) in [5, 5.41) is 2.30. The molecule has 9 heteroatoms. The van der Waals surface area contributed by atoms with Crippen molar-refractivity contribution < 1.29 is 22.7 Å². The first kappa shape index (κ1) is 24.3. The Morgan fingerprint density at radius 2 is 1.88 bits per heavy atom. The molecule has 0 unspecified atom stereocenters. The number of ether oxygens (including phenoxy) is 1. The van der Waals surface area contributed by atoms with Crippen LogP contribution in [0, 0.1) is 0 Å². The van der Waals surface area contributed by atoms with Crippen molar-refractivity contribution in [2.75, 3.05) is 24.8 Å². The molecule has 0 saturated carbocycles. The number of aromatic nitrogens is 1. The van der Waals surface area contributed by atoms with Crippen molar-refractivity contribution in [3.05, 3.63) is 71.6 Å². The number of thiazole rings is 1. The van der Waals surface area contributed by atoms with Gasteiger partial charge in [-0.25, -0.2) is 13.4 Å². The lowest BCUT2D eigenvalue weighted by molar-refractivity contribution is -0.117. The standard InChI is InChI=1S/C24H24N2O5S2/c1-5-12-26(23(28)14-19-13-18(16(2)27)8-11-22(19)31-3)24-25-21(15-32-24)17-6-9-20(10-7-17)33(4,29)30/h5-11,13,15H,1,12,14H2,2-4H3. The molecule has 1 aromatic heterocycles. The summed E-state index contributed by atoms with van der Waals surface area (Å²) in [6.07, 6.45) is 2.79. The monoisotopic (exact) mass is 484 g/mol. The largest absolute Gasteiger partial charge is 0.496 e. The van der Waals surface area contributed by atoms with E-state index in [1.54, 1.807) is 36.4 Å². The maximum absolute atomic E-state index is 13.2. The fourth-order valence-electron chi connectivity index (χ4n) is 3.20. The fraction of sp³-hybridized carbons (Fsp3) is 0.208. The van der Waals surface area contributed by atoms with E-state index >= 15 is 0 Å². The Bertz CT molecular complexity index is 1290. The smallest absolute Gasteiger partial charge is 0.233 e. The second kappa shape index (κ2) is 10.1. The molecule has 2 aromatic carbocycles. The minimum absolute atomic E-state index is 0.0239.